The molecule has 1 saturated heterocycles. The van der Waals surface area contributed by atoms with E-state index in [1.54, 1.807) is 26.2 Å². The zero-order chi connectivity index (χ0) is 43.0. The lowest BCUT2D eigenvalue weighted by atomic mass is 9.87. The van der Waals surface area contributed by atoms with Crippen molar-refractivity contribution in [3.05, 3.63) is 128 Å². The summed E-state index contributed by atoms with van der Waals surface area (Å²) in [5.74, 6) is -0.827. The topological polar surface area (TPSA) is 128 Å². The minimum atomic E-state index is -5.18. The van der Waals surface area contributed by atoms with Gasteiger partial charge in [0.15, 0.2) is 0 Å². The summed E-state index contributed by atoms with van der Waals surface area (Å²) in [5, 5.41) is 15.7. The highest BCUT2D eigenvalue weighted by molar-refractivity contribution is 7.99. The van der Waals surface area contributed by atoms with E-state index >= 15 is 0 Å². The molecule has 1 amide bonds. The number of anilines is 2. The van der Waals surface area contributed by atoms with E-state index in [9.17, 15) is 36.5 Å². The molecule has 0 saturated carbocycles. The summed E-state index contributed by atoms with van der Waals surface area (Å²) in [7, 11) is -1.41. The first-order chi connectivity index (χ1) is 28.6. The second kappa shape index (κ2) is 19.8. The molecule has 0 aromatic heterocycles. The van der Waals surface area contributed by atoms with Crippen LogP contribution >= 0.6 is 23.4 Å². The molecule has 320 valence electrons. The maximum absolute atomic E-state index is 14.6. The largest absolute Gasteiger partial charge is 0.418 e. The number of rotatable bonds is 16. The van der Waals surface area contributed by atoms with E-state index in [1.807, 2.05) is 52.1 Å². The molecule has 0 spiro atoms. The van der Waals surface area contributed by atoms with Crippen molar-refractivity contribution in [2.45, 2.75) is 54.1 Å². The van der Waals surface area contributed by atoms with Crippen LogP contribution < -0.4 is 14.9 Å². The number of nitrogens with one attached hydrogen (secondary N) is 2. The average Bonchev–Trinajstić information content (AvgIpc) is 3.22. The third-order valence-electron chi connectivity index (χ3n) is 10.7. The predicted molar refractivity (Wildman–Crippen MR) is 232 cm³/mol. The van der Waals surface area contributed by atoms with Gasteiger partial charge >= 0.3 is 6.18 Å². The van der Waals surface area contributed by atoms with E-state index in [0.29, 0.717) is 30.1 Å². The van der Waals surface area contributed by atoms with Crippen molar-refractivity contribution >= 4 is 61.9 Å². The highest BCUT2D eigenvalue weighted by Gasteiger charge is 2.40. The number of piperazine rings is 1. The van der Waals surface area contributed by atoms with Crippen molar-refractivity contribution in [1.29, 1.82) is 0 Å². The van der Waals surface area contributed by atoms with E-state index in [4.69, 9.17) is 11.6 Å². The molecule has 11 nitrogen and oxygen atoms in total. The van der Waals surface area contributed by atoms with Gasteiger partial charge in [0.05, 0.1) is 15.4 Å². The van der Waals surface area contributed by atoms with E-state index in [-0.39, 0.29) is 11.3 Å². The molecule has 6 rings (SSSR count). The smallest absolute Gasteiger partial charge is 0.375 e. The highest BCUT2D eigenvalue weighted by atomic mass is 35.5. The number of thioether (sulfide) groups is 1. The minimum Gasteiger partial charge on any atom is -0.375 e. The Kier molecular flexibility index (Phi) is 14.9. The van der Waals surface area contributed by atoms with Crippen molar-refractivity contribution < 1.29 is 31.3 Å². The molecular weight excluding hydrogens is 837 g/mol. The van der Waals surface area contributed by atoms with Gasteiger partial charge in [0.25, 0.3) is 21.6 Å². The standard InChI is InChI=1S/C43H48ClF3N6O5S2/c1-50(2)21-20-34(29-59-36-9-4-3-5-10-36)48-41-39(43(45,46)47)26-37(27-40(41)53(55)56)60(57,58)49-42(54)31-14-18-35(19-15-31)52-24-22-51(23-25-52)28-32-8-6-7-11-38(32)30-12-16-33(44)17-13-30/h3-5,9-10,12-19,26-27,34,48H,6-8,11,20-25,28-29H2,1-2H3,(H,49,54)/t34-/m1/s1. The van der Waals surface area contributed by atoms with Crippen LogP contribution in [0.15, 0.2) is 106 Å². The number of nitro benzene ring substituents is 1. The summed E-state index contributed by atoms with van der Waals surface area (Å²) in [4.78, 5) is 30.7. The molecule has 2 aliphatic rings. The number of amides is 1. The number of nitro groups is 1. The van der Waals surface area contributed by atoms with Crippen LogP contribution in [0.1, 0.15) is 53.6 Å². The van der Waals surface area contributed by atoms with E-state index in [0.717, 1.165) is 62.6 Å². The fourth-order valence-electron chi connectivity index (χ4n) is 7.44. The molecule has 0 bridgehead atoms. The van der Waals surface area contributed by atoms with E-state index < -0.39 is 54.9 Å². The predicted octanol–water partition coefficient (Wildman–Crippen LogP) is 9.06. The molecule has 4 aromatic rings. The molecule has 1 atom stereocenters. The fraction of sp³-hybridized carbons (Fsp3) is 0.372. The number of benzene rings is 4. The number of hydrogen-bond acceptors (Lipinski definition) is 10. The van der Waals surface area contributed by atoms with Gasteiger partial charge in [-0.15, -0.1) is 11.8 Å². The zero-order valence-electron chi connectivity index (χ0n) is 33.4. The molecular formula is C43H48ClF3N6O5S2. The van der Waals surface area contributed by atoms with Gasteiger partial charge in [-0.3, -0.25) is 19.8 Å². The van der Waals surface area contributed by atoms with Crippen LogP contribution in [0, 0.1) is 10.1 Å². The van der Waals surface area contributed by atoms with Crippen LogP contribution in [0.3, 0.4) is 0 Å². The summed E-state index contributed by atoms with van der Waals surface area (Å²) < 4.78 is 72.7. The Hall–Kier alpha value is -4.61. The van der Waals surface area contributed by atoms with Gasteiger partial charge in [-0.2, -0.15) is 13.2 Å². The lowest BCUT2D eigenvalue weighted by Gasteiger charge is -2.37. The molecule has 1 aliphatic heterocycles. The van der Waals surface area contributed by atoms with Gasteiger partial charge in [0, 0.05) is 71.8 Å². The maximum Gasteiger partial charge on any atom is 0.418 e. The Labute approximate surface area is 358 Å². The molecule has 0 radical (unpaired) electrons. The van der Waals surface area contributed by atoms with Crippen LogP contribution in [-0.4, -0.2) is 94.2 Å². The first kappa shape index (κ1) is 44.9. The molecule has 1 heterocycles. The Bertz CT molecular complexity index is 2270. The van der Waals surface area contributed by atoms with Crippen molar-refractivity contribution in [3.8, 4) is 0 Å². The van der Waals surface area contributed by atoms with Crippen LogP contribution in [0.2, 0.25) is 5.02 Å². The van der Waals surface area contributed by atoms with Crippen LogP contribution in [0.4, 0.5) is 30.2 Å². The van der Waals surface area contributed by atoms with Gasteiger partial charge in [-0.05, 0) is 118 Å². The second-order valence-corrected chi connectivity index (χ2v) is 18.4. The maximum atomic E-state index is 14.6. The molecule has 4 aromatic carbocycles. The number of halogens is 4. The summed E-state index contributed by atoms with van der Waals surface area (Å²) in [5.41, 5.74) is 1.38. The van der Waals surface area contributed by atoms with Crippen molar-refractivity contribution in [2.75, 3.05) is 69.3 Å². The first-order valence-electron chi connectivity index (χ1n) is 19.7. The van der Waals surface area contributed by atoms with E-state index in [1.165, 1.54) is 47.0 Å². The first-order valence-corrected chi connectivity index (χ1v) is 22.5. The van der Waals surface area contributed by atoms with Gasteiger partial charge in [-0.25, -0.2) is 13.1 Å². The van der Waals surface area contributed by atoms with Crippen LogP contribution in [0.5, 0.6) is 0 Å². The summed E-state index contributed by atoms with van der Waals surface area (Å²) in [6.45, 7) is 4.46. The minimum absolute atomic E-state index is 0.0524. The SMILES string of the molecule is CN(C)CC[C@H](CSc1ccccc1)Nc1c([N+](=O)[O-])cc(S(=O)(=O)NC(=O)c2ccc(N3CCN(CC4=C(c5ccc(Cl)cc5)CCCC4)CC3)cc2)cc1C(F)(F)F. The van der Waals surface area contributed by atoms with Crippen molar-refractivity contribution in [2.24, 2.45) is 0 Å². The molecule has 0 unspecified atom stereocenters. The number of hydrogen-bond donors (Lipinski definition) is 2. The normalized spacial score (nSPS) is 15.9. The summed E-state index contributed by atoms with van der Waals surface area (Å²) >= 11 is 7.50. The van der Waals surface area contributed by atoms with Gasteiger partial charge in [0.1, 0.15) is 5.69 Å². The number of allylic oxidation sites excluding steroid dienone is 1. The molecule has 1 aliphatic carbocycles. The molecule has 60 heavy (non-hydrogen) atoms. The number of carbonyl (C=O) groups excluding carboxylic acids is 1. The van der Waals surface area contributed by atoms with Crippen molar-refractivity contribution in [3.63, 3.8) is 0 Å². The monoisotopic (exact) mass is 884 g/mol. The number of sulfonamides is 1. The third-order valence-corrected chi connectivity index (χ3v) is 13.4. The lowest BCUT2D eigenvalue weighted by molar-refractivity contribution is -0.384. The highest BCUT2D eigenvalue weighted by Crippen LogP contribution is 2.43. The summed E-state index contributed by atoms with van der Waals surface area (Å²) in [6.07, 6.45) is -0.418. The molecule has 2 N–H and O–H groups in total. The van der Waals surface area contributed by atoms with E-state index in [2.05, 4.69) is 27.2 Å². The second-order valence-electron chi connectivity index (χ2n) is 15.2. The van der Waals surface area contributed by atoms with Gasteiger partial charge < -0.3 is 15.1 Å². The van der Waals surface area contributed by atoms with Gasteiger partial charge in [-0.1, -0.05) is 47.5 Å². The third kappa shape index (κ3) is 11.8. The Morgan fingerprint density at radius 1 is 0.950 bits per heavy atom. The lowest BCUT2D eigenvalue weighted by Crippen LogP contribution is -2.47. The molecule has 17 heteroatoms. The van der Waals surface area contributed by atoms with Crippen LogP contribution in [-0.2, 0) is 16.2 Å². The van der Waals surface area contributed by atoms with Crippen molar-refractivity contribution in [1.82, 2.24) is 14.5 Å². The Balaban J connectivity index is 1.13. The Morgan fingerprint density at radius 2 is 1.62 bits per heavy atom. The number of carbonyl (C=O) groups is 1. The molecule has 1 fully saturated rings. The zero-order valence-corrected chi connectivity index (χ0v) is 35.8. The average molecular weight is 885 g/mol. The number of alkyl halides is 3. The summed E-state index contributed by atoms with van der Waals surface area (Å²) in [6, 6.07) is 23.7. The van der Waals surface area contributed by atoms with Crippen LogP contribution in [0.25, 0.3) is 5.57 Å². The fourth-order valence-corrected chi connectivity index (χ4v) is 9.58. The Morgan fingerprint density at radius 3 is 2.25 bits per heavy atom. The quantitative estimate of drug-likeness (QED) is 0.0639. The van der Waals surface area contributed by atoms with Gasteiger partial charge in [0.2, 0.25) is 0 Å². The number of nitrogens with zero attached hydrogens (tertiary/aromatic N) is 4.